The van der Waals surface area contributed by atoms with Crippen molar-refractivity contribution in [3.8, 4) is 0 Å². The van der Waals surface area contributed by atoms with Crippen molar-refractivity contribution in [1.29, 1.82) is 0 Å². The molecule has 130 valence electrons. The van der Waals surface area contributed by atoms with Gasteiger partial charge in [0.25, 0.3) is 0 Å². The van der Waals surface area contributed by atoms with Crippen molar-refractivity contribution in [3.05, 3.63) is 41.9 Å². The van der Waals surface area contributed by atoms with Gasteiger partial charge in [0.2, 0.25) is 0 Å². The molecule has 0 bridgehead atoms. The van der Waals surface area contributed by atoms with Gasteiger partial charge in [0, 0.05) is 12.6 Å². The first-order valence-corrected chi connectivity index (χ1v) is 7.82. The molecule has 0 aliphatic heterocycles. The van der Waals surface area contributed by atoms with Crippen LogP contribution >= 0.6 is 0 Å². The van der Waals surface area contributed by atoms with Gasteiger partial charge in [0.1, 0.15) is 5.76 Å². The van der Waals surface area contributed by atoms with E-state index in [0.717, 1.165) is 17.0 Å². The maximum absolute atomic E-state index is 11.3. The van der Waals surface area contributed by atoms with Gasteiger partial charge in [-0.2, -0.15) is 5.10 Å². The predicted molar refractivity (Wildman–Crippen MR) is 96.8 cm³/mol. The van der Waals surface area contributed by atoms with Crippen LogP contribution < -0.4 is 10.6 Å². The molecule has 7 nitrogen and oxygen atoms in total. The number of imidazole rings is 1. The van der Waals surface area contributed by atoms with Crippen LogP contribution in [-0.4, -0.2) is 34.8 Å². The Morgan fingerprint density at radius 2 is 2.04 bits per heavy atom. The number of aromatic nitrogens is 3. The van der Waals surface area contributed by atoms with Crippen molar-refractivity contribution in [2.75, 3.05) is 19.5 Å². The fourth-order valence-corrected chi connectivity index (χ4v) is 1.92. The van der Waals surface area contributed by atoms with E-state index in [0.29, 0.717) is 11.5 Å². The summed E-state index contributed by atoms with van der Waals surface area (Å²) < 4.78 is 6.92. The average molecular weight is 331 g/mol. The second-order valence-corrected chi connectivity index (χ2v) is 4.53. The third-order valence-corrected chi connectivity index (χ3v) is 3.08. The molecule has 0 saturated heterocycles. The number of fused-ring (bicyclic) bond motifs is 1. The molecular weight excluding hydrogens is 306 g/mol. The molecule has 0 saturated carbocycles. The lowest BCUT2D eigenvalue weighted by Crippen LogP contribution is -2.24. The number of urea groups is 1. The Bertz CT molecular complexity index is 747. The molecule has 2 rings (SSSR count). The van der Waals surface area contributed by atoms with Gasteiger partial charge in [0.15, 0.2) is 11.5 Å². The molecule has 0 aliphatic rings. The van der Waals surface area contributed by atoms with Crippen LogP contribution in [-0.2, 0) is 4.74 Å². The molecule has 24 heavy (non-hydrogen) atoms. The van der Waals surface area contributed by atoms with Gasteiger partial charge in [-0.1, -0.05) is 26.0 Å². The number of carbonyl (C=O) groups is 1. The molecule has 2 aromatic heterocycles. The first-order valence-electron chi connectivity index (χ1n) is 7.82. The highest BCUT2D eigenvalue weighted by Crippen LogP contribution is 2.20. The lowest BCUT2D eigenvalue weighted by molar-refractivity contribution is 0.254. The molecule has 0 fully saturated rings. The lowest BCUT2D eigenvalue weighted by atomic mass is 10.1. The number of allylic oxidation sites excluding steroid dienone is 4. The Balaban J connectivity index is 0.00000139. The summed E-state index contributed by atoms with van der Waals surface area (Å²) in [6, 6.07) is 3.38. The normalized spacial score (nSPS) is 11.6. The molecule has 2 heterocycles. The van der Waals surface area contributed by atoms with E-state index in [9.17, 15) is 4.79 Å². The topological polar surface area (TPSA) is 80.5 Å². The molecule has 0 spiro atoms. The quantitative estimate of drug-likeness (QED) is 0.664. The van der Waals surface area contributed by atoms with E-state index >= 15 is 0 Å². The number of amides is 2. The van der Waals surface area contributed by atoms with Crippen LogP contribution in [0.5, 0.6) is 0 Å². The van der Waals surface area contributed by atoms with Crippen LogP contribution in [0.2, 0.25) is 0 Å². The summed E-state index contributed by atoms with van der Waals surface area (Å²) in [6.07, 6.45) is 5.52. The first-order chi connectivity index (χ1) is 11.6. The van der Waals surface area contributed by atoms with Crippen LogP contribution in [0.25, 0.3) is 11.2 Å². The zero-order chi connectivity index (χ0) is 18.1. The summed E-state index contributed by atoms with van der Waals surface area (Å²) in [5, 5.41) is 9.60. The Labute approximate surface area is 142 Å². The van der Waals surface area contributed by atoms with E-state index in [1.165, 1.54) is 0 Å². The van der Waals surface area contributed by atoms with Gasteiger partial charge in [-0.05, 0) is 26.0 Å². The number of nitrogens with one attached hydrogen (secondary N) is 2. The Morgan fingerprint density at radius 3 is 2.62 bits per heavy atom. The van der Waals surface area contributed by atoms with E-state index in [1.807, 2.05) is 52.0 Å². The Kier molecular flexibility index (Phi) is 7.48. The molecule has 0 aliphatic carbocycles. The summed E-state index contributed by atoms with van der Waals surface area (Å²) in [5.74, 6) is 1.21. The number of hydrogen-bond acceptors (Lipinski definition) is 4. The number of nitrogens with zero attached hydrogens (tertiary/aromatic N) is 3. The number of rotatable bonds is 4. The second kappa shape index (κ2) is 9.34. The van der Waals surface area contributed by atoms with Crippen LogP contribution in [0, 0.1) is 0 Å². The summed E-state index contributed by atoms with van der Waals surface area (Å²) in [5.41, 5.74) is 2.29. The van der Waals surface area contributed by atoms with E-state index < -0.39 is 0 Å². The summed E-state index contributed by atoms with van der Waals surface area (Å²) >= 11 is 0. The molecular formula is C17H25N5O2. The minimum absolute atomic E-state index is 0.326. The number of ether oxygens (including phenoxy) is 1. The highest BCUT2D eigenvalue weighted by Gasteiger charge is 2.09. The SMILES string of the molecule is C/C=C\C(=C(/C)OC)c1ccc2nc(NC(=O)NC)cn2n1.CC. The lowest BCUT2D eigenvalue weighted by Gasteiger charge is -2.07. The summed E-state index contributed by atoms with van der Waals surface area (Å²) in [4.78, 5) is 15.6. The average Bonchev–Trinajstić information content (AvgIpc) is 3.01. The van der Waals surface area contributed by atoms with Gasteiger partial charge >= 0.3 is 6.03 Å². The van der Waals surface area contributed by atoms with Gasteiger partial charge in [0.05, 0.1) is 19.0 Å². The van der Waals surface area contributed by atoms with E-state index in [2.05, 4.69) is 20.7 Å². The molecule has 2 N–H and O–H groups in total. The van der Waals surface area contributed by atoms with Gasteiger partial charge in [-0.3, -0.25) is 5.32 Å². The van der Waals surface area contributed by atoms with Crippen molar-refractivity contribution in [2.45, 2.75) is 27.7 Å². The highest BCUT2D eigenvalue weighted by molar-refractivity contribution is 5.88. The minimum Gasteiger partial charge on any atom is -0.501 e. The largest absolute Gasteiger partial charge is 0.501 e. The first kappa shape index (κ1) is 19.2. The molecule has 0 atom stereocenters. The second-order valence-electron chi connectivity index (χ2n) is 4.53. The van der Waals surface area contributed by atoms with Crippen LogP contribution in [0.15, 0.2) is 36.2 Å². The van der Waals surface area contributed by atoms with E-state index in [-0.39, 0.29) is 6.03 Å². The maximum atomic E-state index is 11.3. The van der Waals surface area contributed by atoms with Crippen molar-refractivity contribution >= 4 is 23.1 Å². The van der Waals surface area contributed by atoms with Crippen molar-refractivity contribution in [1.82, 2.24) is 19.9 Å². The maximum Gasteiger partial charge on any atom is 0.320 e. The van der Waals surface area contributed by atoms with Gasteiger partial charge in [-0.15, -0.1) is 0 Å². The standard InChI is InChI=1S/C15H19N5O2.C2H6/c1-5-6-11(10(2)22-4)12-7-8-14-17-13(9-20(14)19-12)18-15(21)16-3;1-2/h5-9H,1-4H3,(H2,16,18,21);1-2H3/b6-5-,11-10-;. The molecule has 0 aromatic carbocycles. The fourth-order valence-electron chi connectivity index (χ4n) is 1.92. The number of anilines is 1. The molecule has 0 unspecified atom stereocenters. The third kappa shape index (κ3) is 4.58. The van der Waals surface area contributed by atoms with Crippen molar-refractivity contribution < 1.29 is 9.53 Å². The fraction of sp³-hybridized carbons (Fsp3) is 0.353. The molecule has 2 amide bonds. The Morgan fingerprint density at radius 1 is 1.33 bits per heavy atom. The number of methoxy groups -OCH3 is 1. The highest BCUT2D eigenvalue weighted by atomic mass is 16.5. The third-order valence-electron chi connectivity index (χ3n) is 3.08. The molecule has 0 radical (unpaired) electrons. The molecule has 7 heteroatoms. The predicted octanol–water partition coefficient (Wildman–Crippen LogP) is 3.46. The zero-order valence-corrected chi connectivity index (χ0v) is 15.0. The Hall–Kier alpha value is -2.83. The number of hydrogen-bond donors (Lipinski definition) is 2. The molecule has 2 aromatic rings. The van der Waals surface area contributed by atoms with E-state index in [4.69, 9.17) is 4.74 Å². The monoisotopic (exact) mass is 331 g/mol. The van der Waals surface area contributed by atoms with Crippen LogP contribution in [0.3, 0.4) is 0 Å². The van der Waals surface area contributed by atoms with Gasteiger partial charge in [-0.25, -0.2) is 14.3 Å². The number of carbonyl (C=O) groups excluding carboxylic acids is 1. The van der Waals surface area contributed by atoms with Crippen molar-refractivity contribution in [2.24, 2.45) is 0 Å². The minimum atomic E-state index is -0.326. The summed E-state index contributed by atoms with van der Waals surface area (Å²) in [6.45, 7) is 7.82. The van der Waals surface area contributed by atoms with Crippen LogP contribution in [0.1, 0.15) is 33.4 Å². The smallest absolute Gasteiger partial charge is 0.320 e. The van der Waals surface area contributed by atoms with Crippen LogP contribution in [0.4, 0.5) is 10.6 Å². The van der Waals surface area contributed by atoms with E-state index in [1.54, 1.807) is 24.9 Å². The van der Waals surface area contributed by atoms with Gasteiger partial charge < -0.3 is 10.1 Å². The van der Waals surface area contributed by atoms with Crippen molar-refractivity contribution in [3.63, 3.8) is 0 Å². The summed E-state index contributed by atoms with van der Waals surface area (Å²) in [7, 11) is 3.17. The zero-order valence-electron chi connectivity index (χ0n) is 15.0.